The van der Waals surface area contributed by atoms with Gasteiger partial charge in [0, 0.05) is 6.04 Å². The first kappa shape index (κ1) is 12.4. The van der Waals surface area contributed by atoms with Gasteiger partial charge < -0.3 is 10.0 Å². The first-order chi connectivity index (χ1) is 7.73. The maximum Gasteiger partial charge on any atom is 0.0662 e. The summed E-state index contributed by atoms with van der Waals surface area (Å²) < 4.78 is 0. The Morgan fingerprint density at radius 3 is 2.62 bits per heavy atom. The predicted molar refractivity (Wildman–Crippen MR) is 67.5 cm³/mol. The van der Waals surface area contributed by atoms with Gasteiger partial charge in [-0.15, -0.1) is 0 Å². The van der Waals surface area contributed by atoms with E-state index in [0.29, 0.717) is 6.04 Å². The van der Waals surface area contributed by atoms with E-state index in [9.17, 15) is 5.11 Å². The minimum absolute atomic E-state index is 0.338. The molecule has 0 unspecified atom stereocenters. The van der Waals surface area contributed by atoms with Crippen molar-refractivity contribution in [1.82, 2.24) is 4.90 Å². The smallest absolute Gasteiger partial charge is 0.0662 e. The number of rotatable bonds is 3. The molecule has 2 nitrogen and oxygen atoms in total. The van der Waals surface area contributed by atoms with Crippen LogP contribution < -0.4 is 0 Å². The lowest BCUT2D eigenvalue weighted by atomic mass is 9.78. The molecule has 0 aromatic rings. The molecule has 16 heavy (non-hydrogen) atoms. The first-order valence-electron chi connectivity index (χ1n) is 7.20. The van der Waals surface area contributed by atoms with E-state index < -0.39 is 0 Å². The zero-order chi connectivity index (χ0) is 11.4. The molecular formula is C14H27NO. The average molecular weight is 225 g/mol. The Bertz CT molecular complexity index is 209. The average Bonchev–Trinajstić information content (AvgIpc) is 2.30. The topological polar surface area (TPSA) is 23.5 Å². The van der Waals surface area contributed by atoms with Gasteiger partial charge in [0.2, 0.25) is 0 Å². The molecule has 1 saturated carbocycles. The van der Waals surface area contributed by atoms with E-state index in [-0.39, 0.29) is 5.60 Å². The molecule has 2 rings (SSSR count). The predicted octanol–water partition coefficient (Wildman–Crippen LogP) is 2.95. The largest absolute Gasteiger partial charge is 0.390 e. The van der Waals surface area contributed by atoms with Gasteiger partial charge in [0.05, 0.1) is 5.60 Å². The van der Waals surface area contributed by atoms with Crippen molar-refractivity contribution in [2.24, 2.45) is 0 Å². The van der Waals surface area contributed by atoms with Crippen LogP contribution in [0.1, 0.15) is 64.7 Å². The molecule has 1 aliphatic heterocycles. The zero-order valence-electron chi connectivity index (χ0n) is 10.7. The van der Waals surface area contributed by atoms with Crippen molar-refractivity contribution in [2.45, 2.75) is 76.4 Å². The highest BCUT2D eigenvalue weighted by Crippen LogP contribution is 2.35. The van der Waals surface area contributed by atoms with Gasteiger partial charge in [-0.3, -0.25) is 0 Å². The second kappa shape index (κ2) is 5.50. The molecular weight excluding hydrogens is 198 g/mol. The quantitative estimate of drug-likeness (QED) is 0.798. The summed E-state index contributed by atoms with van der Waals surface area (Å²) in [5, 5.41) is 10.5. The SMILES string of the molecule is CCC[C@@]1(O)CCC[C@@H](N2CCCCC2)C1. The molecule has 1 heterocycles. The summed E-state index contributed by atoms with van der Waals surface area (Å²) in [7, 11) is 0. The second-order valence-electron chi connectivity index (χ2n) is 5.82. The highest BCUT2D eigenvalue weighted by Gasteiger charge is 2.35. The highest BCUT2D eigenvalue weighted by atomic mass is 16.3. The molecule has 2 aliphatic rings. The fourth-order valence-corrected chi connectivity index (χ4v) is 3.60. The monoisotopic (exact) mass is 225 g/mol. The summed E-state index contributed by atoms with van der Waals surface area (Å²) in [4.78, 5) is 2.64. The van der Waals surface area contributed by atoms with Gasteiger partial charge >= 0.3 is 0 Å². The van der Waals surface area contributed by atoms with Crippen molar-refractivity contribution in [3.63, 3.8) is 0 Å². The molecule has 0 aromatic carbocycles. The van der Waals surface area contributed by atoms with Crippen LogP contribution in [0, 0.1) is 0 Å². The van der Waals surface area contributed by atoms with Gasteiger partial charge in [-0.05, 0) is 58.0 Å². The van der Waals surface area contributed by atoms with E-state index in [0.717, 1.165) is 25.7 Å². The summed E-state index contributed by atoms with van der Waals surface area (Å²) >= 11 is 0. The van der Waals surface area contributed by atoms with E-state index in [1.807, 2.05) is 0 Å². The number of hydrogen-bond acceptors (Lipinski definition) is 2. The summed E-state index contributed by atoms with van der Waals surface area (Å²) in [5.74, 6) is 0. The number of piperidine rings is 1. The minimum atomic E-state index is -0.338. The number of aliphatic hydroxyl groups is 1. The fraction of sp³-hybridized carbons (Fsp3) is 1.00. The van der Waals surface area contributed by atoms with Crippen molar-refractivity contribution >= 4 is 0 Å². The maximum absolute atomic E-state index is 10.5. The van der Waals surface area contributed by atoms with Crippen LogP contribution in [0.3, 0.4) is 0 Å². The molecule has 2 atom stereocenters. The molecule has 0 spiro atoms. The zero-order valence-corrected chi connectivity index (χ0v) is 10.7. The van der Waals surface area contributed by atoms with Crippen LogP contribution >= 0.6 is 0 Å². The van der Waals surface area contributed by atoms with Gasteiger partial charge in [0.15, 0.2) is 0 Å². The Kier molecular flexibility index (Phi) is 4.26. The number of hydrogen-bond donors (Lipinski definition) is 1. The van der Waals surface area contributed by atoms with Crippen LogP contribution in [0.4, 0.5) is 0 Å². The van der Waals surface area contributed by atoms with Gasteiger partial charge in [0.25, 0.3) is 0 Å². The molecule has 0 bridgehead atoms. The van der Waals surface area contributed by atoms with Crippen molar-refractivity contribution in [1.29, 1.82) is 0 Å². The van der Waals surface area contributed by atoms with Gasteiger partial charge in [-0.25, -0.2) is 0 Å². The van der Waals surface area contributed by atoms with Crippen molar-refractivity contribution in [3.8, 4) is 0 Å². The molecule has 2 fully saturated rings. The molecule has 2 heteroatoms. The Morgan fingerprint density at radius 1 is 1.19 bits per heavy atom. The fourth-order valence-electron chi connectivity index (χ4n) is 3.60. The van der Waals surface area contributed by atoms with Crippen molar-refractivity contribution in [3.05, 3.63) is 0 Å². The first-order valence-corrected chi connectivity index (χ1v) is 7.20. The summed E-state index contributed by atoms with van der Waals surface area (Å²) in [6, 6.07) is 0.672. The normalized spacial score (nSPS) is 37.5. The molecule has 0 amide bonds. The van der Waals surface area contributed by atoms with Gasteiger partial charge in [-0.2, -0.15) is 0 Å². The van der Waals surface area contributed by atoms with E-state index in [4.69, 9.17) is 0 Å². The van der Waals surface area contributed by atoms with Crippen molar-refractivity contribution in [2.75, 3.05) is 13.1 Å². The van der Waals surface area contributed by atoms with E-state index in [2.05, 4.69) is 11.8 Å². The Hall–Kier alpha value is -0.0800. The summed E-state index contributed by atoms with van der Waals surface area (Å²) in [5.41, 5.74) is -0.338. The van der Waals surface area contributed by atoms with E-state index in [1.165, 1.54) is 45.2 Å². The lowest BCUT2D eigenvalue weighted by molar-refractivity contribution is -0.0402. The molecule has 94 valence electrons. The number of likely N-dealkylation sites (tertiary alicyclic amines) is 1. The summed E-state index contributed by atoms with van der Waals surface area (Å²) in [6.07, 6.45) is 10.8. The van der Waals surface area contributed by atoms with Crippen molar-refractivity contribution < 1.29 is 5.11 Å². The van der Waals surface area contributed by atoms with Gasteiger partial charge in [-0.1, -0.05) is 19.8 Å². The van der Waals surface area contributed by atoms with E-state index >= 15 is 0 Å². The third-order valence-corrected chi connectivity index (χ3v) is 4.42. The van der Waals surface area contributed by atoms with Gasteiger partial charge in [0.1, 0.15) is 0 Å². The highest BCUT2D eigenvalue weighted by molar-refractivity contribution is 4.90. The van der Waals surface area contributed by atoms with Crippen LogP contribution in [0.15, 0.2) is 0 Å². The van der Waals surface area contributed by atoms with Crippen LogP contribution in [-0.2, 0) is 0 Å². The molecule has 1 N–H and O–H groups in total. The Labute approximate surface area is 100 Å². The van der Waals surface area contributed by atoms with Crippen LogP contribution in [0.2, 0.25) is 0 Å². The molecule has 0 radical (unpaired) electrons. The van der Waals surface area contributed by atoms with Crippen LogP contribution in [0.25, 0.3) is 0 Å². The minimum Gasteiger partial charge on any atom is -0.390 e. The Morgan fingerprint density at radius 2 is 1.94 bits per heavy atom. The van der Waals surface area contributed by atoms with E-state index in [1.54, 1.807) is 0 Å². The number of nitrogens with zero attached hydrogens (tertiary/aromatic N) is 1. The molecule has 0 aromatic heterocycles. The second-order valence-corrected chi connectivity index (χ2v) is 5.82. The Balaban J connectivity index is 1.90. The third kappa shape index (κ3) is 2.98. The molecule has 1 saturated heterocycles. The lowest BCUT2D eigenvalue weighted by Crippen LogP contribution is -2.47. The van der Waals surface area contributed by atoms with Crippen LogP contribution in [-0.4, -0.2) is 34.7 Å². The summed E-state index contributed by atoms with van der Waals surface area (Å²) in [6.45, 7) is 4.72. The third-order valence-electron chi connectivity index (χ3n) is 4.42. The lowest BCUT2D eigenvalue weighted by Gasteiger charge is -2.43. The van der Waals surface area contributed by atoms with Crippen LogP contribution in [0.5, 0.6) is 0 Å². The molecule has 1 aliphatic carbocycles. The maximum atomic E-state index is 10.5. The standard InChI is InChI=1S/C14H27NO/c1-2-8-14(16)9-6-7-13(12-14)15-10-4-3-5-11-15/h13,16H,2-12H2,1H3/t13-,14-/m1/s1.